The van der Waals surface area contributed by atoms with E-state index in [2.05, 4.69) is 5.10 Å². The molecule has 0 bridgehead atoms. The predicted octanol–water partition coefficient (Wildman–Crippen LogP) is 1.86. The number of nitrogens with zero attached hydrogens (tertiary/aromatic N) is 2. The summed E-state index contributed by atoms with van der Waals surface area (Å²) in [5.74, 6) is 0. The molecule has 1 aliphatic heterocycles. The summed E-state index contributed by atoms with van der Waals surface area (Å²) < 4.78 is 12.9. The summed E-state index contributed by atoms with van der Waals surface area (Å²) in [5.41, 5.74) is 0.443. The van der Waals surface area contributed by atoms with Crippen LogP contribution in [-0.2, 0) is 9.31 Å². The van der Waals surface area contributed by atoms with Gasteiger partial charge in [0.1, 0.15) is 0 Å². The van der Waals surface area contributed by atoms with Crippen LogP contribution < -0.4 is 5.46 Å². The van der Waals surface area contributed by atoms with Gasteiger partial charge in [-0.2, -0.15) is 9.78 Å². The molecule has 21 heavy (non-hydrogen) atoms. The smallest absolute Gasteiger partial charge is 0.463 e. The van der Waals surface area contributed by atoms with E-state index in [1.54, 1.807) is 6.07 Å². The maximum atomic E-state index is 11.2. The van der Waals surface area contributed by atoms with Crippen LogP contribution in [0.5, 0.6) is 0 Å². The number of hydrogen-bond acceptors (Lipinski definition) is 4. The number of aromatic nitrogens is 2. The van der Waals surface area contributed by atoms with Crippen molar-refractivity contribution in [3.8, 4) is 0 Å². The molecule has 0 spiro atoms. The van der Waals surface area contributed by atoms with Gasteiger partial charge in [0.2, 0.25) is 0 Å². The summed E-state index contributed by atoms with van der Waals surface area (Å²) >= 11 is 0. The lowest BCUT2D eigenvalue weighted by molar-refractivity contribution is 0.00578. The van der Waals surface area contributed by atoms with Crippen LogP contribution in [0.1, 0.15) is 27.7 Å². The highest BCUT2D eigenvalue weighted by Gasteiger charge is 2.51. The number of hydrogen-bond donors (Lipinski definition) is 1. The van der Waals surface area contributed by atoms with Gasteiger partial charge in [-0.15, -0.1) is 0 Å². The van der Waals surface area contributed by atoms with Crippen molar-refractivity contribution in [3.05, 3.63) is 24.4 Å². The second-order valence-electron chi connectivity index (χ2n) is 6.25. The Morgan fingerprint density at radius 3 is 2.43 bits per heavy atom. The second kappa shape index (κ2) is 4.32. The normalized spacial score (nSPS) is 20.1. The fourth-order valence-electron chi connectivity index (χ4n) is 2.31. The average Bonchev–Trinajstić information content (AvgIpc) is 2.87. The molecule has 0 atom stereocenters. The Hall–Kier alpha value is -1.86. The van der Waals surface area contributed by atoms with E-state index in [-0.39, 0.29) is 0 Å². The number of carbonyl (C=O) groups is 1. The second-order valence-corrected chi connectivity index (χ2v) is 6.25. The van der Waals surface area contributed by atoms with Crippen molar-refractivity contribution >= 4 is 29.6 Å². The lowest BCUT2D eigenvalue weighted by Gasteiger charge is -2.32. The van der Waals surface area contributed by atoms with Gasteiger partial charge in [0.15, 0.2) is 0 Å². The molecule has 1 saturated heterocycles. The van der Waals surface area contributed by atoms with Gasteiger partial charge in [0, 0.05) is 5.39 Å². The van der Waals surface area contributed by atoms with E-state index in [4.69, 9.17) is 14.4 Å². The van der Waals surface area contributed by atoms with Crippen LogP contribution in [0.3, 0.4) is 0 Å². The minimum atomic E-state index is -1.11. The van der Waals surface area contributed by atoms with E-state index in [0.29, 0.717) is 5.52 Å². The lowest BCUT2D eigenvalue weighted by atomic mass is 9.79. The molecule has 0 radical (unpaired) electrons. The van der Waals surface area contributed by atoms with Crippen molar-refractivity contribution in [1.29, 1.82) is 0 Å². The lowest BCUT2D eigenvalue weighted by Crippen LogP contribution is -2.41. The molecule has 0 saturated carbocycles. The zero-order chi connectivity index (χ0) is 15.4. The first-order chi connectivity index (χ1) is 9.71. The van der Waals surface area contributed by atoms with E-state index < -0.39 is 24.4 Å². The molecule has 3 rings (SSSR count). The van der Waals surface area contributed by atoms with Gasteiger partial charge in [-0.3, -0.25) is 0 Å². The van der Waals surface area contributed by atoms with E-state index in [0.717, 1.165) is 15.5 Å². The summed E-state index contributed by atoms with van der Waals surface area (Å²) in [6.07, 6.45) is 0.411. The fraction of sp³-hybridized carbons (Fsp3) is 0.429. The molecule has 6 nitrogen and oxygen atoms in total. The molecule has 1 fully saturated rings. The third kappa shape index (κ3) is 2.13. The monoisotopic (exact) mass is 288 g/mol. The van der Waals surface area contributed by atoms with Crippen LogP contribution in [0.25, 0.3) is 10.9 Å². The molecule has 110 valence electrons. The maximum Gasteiger partial charge on any atom is 0.494 e. The van der Waals surface area contributed by atoms with E-state index >= 15 is 0 Å². The summed E-state index contributed by atoms with van der Waals surface area (Å²) in [6.45, 7) is 7.92. The van der Waals surface area contributed by atoms with Crippen molar-refractivity contribution in [2.45, 2.75) is 38.9 Å². The molecular formula is C14H17BN2O4. The molecular weight excluding hydrogens is 271 g/mol. The number of fused-ring (bicyclic) bond motifs is 1. The van der Waals surface area contributed by atoms with Crippen molar-refractivity contribution in [1.82, 2.24) is 9.78 Å². The Morgan fingerprint density at radius 2 is 1.86 bits per heavy atom. The van der Waals surface area contributed by atoms with Crippen molar-refractivity contribution in [3.63, 3.8) is 0 Å². The van der Waals surface area contributed by atoms with Crippen LogP contribution in [0, 0.1) is 0 Å². The van der Waals surface area contributed by atoms with Gasteiger partial charge >= 0.3 is 13.2 Å². The molecule has 1 N–H and O–H groups in total. The van der Waals surface area contributed by atoms with Crippen molar-refractivity contribution in [2.75, 3.05) is 0 Å². The van der Waals surface area contributed by atoms with E-state index in [1.165, 1.54) is 6.20 Å². The predicted molar refractivity (Wildman–Crippen MR) is 78.9 cm³/mol. The molecule has 7 heteroatoms. The first-order valence-electron chi connectivity index (χ1n) is 6.78. The Bertz CT molecular complexity index is 707. The van der Waals surface area contributed by atoms with Gasteiger partial charge in [-0.05, 0) is 39.2 Å². The first-order valence-corrected chi connectivity index (χ1v) is 6.78. The first kappa shape index (κ1) is 14.1. The highest BCUT2D eigenvalue weighted by Crippen LogP contribution is 2.36. The van der Waals surface area contributed by atoms with Crippen LogP contribution >= 0.6 is 0 Å². The topological polar surface area (TPSA) is 73.6 Å². The Balaban J connectivity index is 2.03. The van der Waals surface area contributed by atoms with Gasteiger partial charge in [-0.25, -0.2) is 4.79 Å². The molecule has 0 amide bonds. The average molecular weight is 288 g/mol. The molecule has 0 unspecified atom stereocenters. The molecule has 1 aromatic carbocycles. The van der Waals surface area contributed by atoms with Crippen molar-refractivity contribution in [2.24, 2.45) is 0 Å². The summed E-state index contributed by atoms with van der Waals surface area (Å²) in [7, 11) is -0.517. The SMILES string of the molecule is CC1(C)OB(c2ccc3cnn(C(=O)O)c3c2)OC1(C)C. The van der Waals surface area contributed by atoms with E-state index in [9.17, 15) is 4.79 Å². The zero-order valence-corrected chi connectivity index (χ0v) is 12.5. The van der Waals surface area contributed by atoms with Gasteiger partial charge in [0.25, 0.3) is 0 Å². The fourth-order valence-corrected chi connectivity index (χ4v) is 2.31. The zero-order valence-electron chi connectivity index (χ0n) is 12.5. The van der Waals surface area contributed by atoms with Crippen LogP contribution in [0.4, 0.5) is 4.79 Å². The molecule has 0 aliphatic carbocycles. The van der Waals surface area contributed by atoms with Gasteiger partial charge in [-0.1, -0.05) is 12.1 Å². The number of carboxylic acid groups (broad SMARTS) is 1. The quantitative estimate of drug-likeness (QED) is 0.811. The van der Waals surface area contributed by atoms with Gasteiger partial charge < -0.3 is 14.4 Å². The third-order valence-corrected chi connectivity index (χ3v) is 4.30. The molecule has 1 aromatic heterocycles. The highest BCUT2D eigenvalue weighted by atomic mass is 16.7. The standard InChI is InChI=1S/C14H17BN2O4/c1-13(2)14(3,4)21-15(20-13)10-6-5-9-8-16-17(12(18)19)11(9)7-10/h5-8H,1-4H3,(H,18,19). The Labute approximate surface area is 122 Å². The van der Waals surface area contributed by atoms with E-state index in [1.807, 2.05) is 39.8 Å². The highest BCUT2D eigenvalue weighted by molar-refractivity contribution is 6.62. The largest absolute Gasteiger partial charge is 0.494 e. The molecule has 2 aromatic rings. The maximum absolute atomic E-state index is 11.2. The van der Waals surface area contributed by atoms with Gasteiger partial charge in [0.05, 0.1) is 22.9 Å². The van der Waals surface area contributed by atoms with Crippen LogP contribution in [0.15, 0.2) is 24.4 Å². The van der Waals surface area contributed by atoms with Crippen LogP contribution in [-0.4, -0.2) is 39.3 Å². The summed E-state index contributed by atoms with van der Waals surface area (Å²) in [5, 5.41) is 13.7. The summed E-state index contributed by atoms with van der Waals surface area (Å²) in [6, 6.07) is 5.44. The minimum absolute atomic E-state index is 0.431. The molecule has 2 heterocycles. The Morgan fingerprint density at radius 1 is 1.24 bits per heavy atom. The van der Waals surface area contributed by atoms with Crippen molar-refractivity contribution < 1.29 is 19.2 Å². The summed E-state index contributed by atoms with van der Waals surface area (Å²) in [4.78, 5) is 11.2. The number of rotatable bonds is 1. The third-order valence-electron chi connectivity index (χ3n) is 4.30. The minimum Gasteiger partial charge on any atom is -0.463 e. The molecule has 1 aliphatic rings. The Kier molecular flexibility index (Phi) is 2.90. The number of benzene rings is 1. The van der Waals surface area contributed by atoms with Crippen LogP contribution in [0.2, 0.25) is 0 Å².